The molecule has 0 amide bonds. The van der Waals surface area contributed by atoms with Crippen LogP contribution >= 0.6 is 7.82 Å². The van der Waals surface area contributed by atoms with Crippen LogP contribution in [0.1, 0.15) is 5.56 Å². The normalized spacial score (nSPS) is 21.7. The number of fused-ring (bicyclic) bond motifs is 1. The average molecular weight is 543 g/mol. The van der Waals surface area contributed by atoms with Crippen LogP contribution in [0.5, 0.6) is 23.0 Å². The maximum Gasteiger partial charge on any atom is 0.469 e. The molecule has 1 unspecified atom stereocenters. The fourth-order valence-electron chi connectivity index (χ4n) is 3.76. The molecule has 1 aromatic carbocycles. The second-order valence-electron chi connectivity index (χ2n) is 7.74. The van der Waals surface area contributed by atoms with E-state index in [1.54, 1.807) is 6.07 Å². The van der Waals surface area contributed by atoms with Crippen molar-refractivity contribution in [2.45, 2.75) is 31.1 Å². The number of phosphoric acid groups is 1. The summed E-state index contributed by atoms with van der Waals surface area (Å²) in [4.78, 5) is 33.2. The Bertz CT molecular complexity index is 1290. The number of anilines is 1. The van der Waals surface area contributed by atoms with Crippen molar-refractivity contribution in [3.05, 3.63) is 24.3 Å². The van der Waals surface area contributed by atoms with Gasteiger partial charge in [-0.15, -0.1) is 0 Å². The summed E-state index contributed by atoms with van der Waals surface area (Å²) < 4.78 is 43.3. The number of aliphatic hydroxyl groups excluding tert-OH is 2. The highest BCUT2D eigenvalue weighted by atomic mass is 31.2. The van der Waals surface area contributed by atoms with Crippen molar-refractivity contribution >= 4 is 24.8 Å². The molecular formula is C20H26N5O11P. The fourth-order valence-corrected chi connectivity index (χ4v) is 4.10. The number of H-pyrrole nitrogens is 1. The molecule has 6 N–H and O–H groups in total. The van der Waals surface area contributed by atoms with Gasteiger partial charge >= 0.3 is 7.82 Å². The van der Waals surface area contributed by atoms with Gasteiger partial charge in [0.2, 0.25) is 17.8 Å². The molecule has 0 spiro atoms. The molecule has 3 heterocycles. The molecule has 16 nitrogen and oxygen atoms in total. The van der Waals surface area contributed by atoms with E-state index >= 15 is 0 Å². The highest BCUT2D eigenvalue weighted by molar-refractivity contribution is 7.46. The maximum absolute atomic E-state index is 11.0. The molecular weight excluding hydrogens is 517 g/mol. The Morgan fingerprint density at radius 2 is 1.81 bits per heavy atom. The van der Waals surface area contributed by atoms with Crippen LogP contribution in [0.15, 0.2) is 18.7 Å². The number of nitrogens with one attached hydrogen (secondary N) is 2. The zero-order chi connectivity index (χ0) is 26.7. The molecule has 1 aliphatic heterocycles. The number of phosphoric ester groups is 1. The number of rotatable bonds is 11. The number of methoxy groups -OCH3 is 3. The molecule has 0 saturated carbocycles. The Morgan fingerprint density at radius 1 is 1.05 bits per heavy atom. The van der Waals surface area contributed by atoms with Crippen LogP contribution in [0.2, 0.25) is 0 Å². The van der Waals surface area contributed by atoms with Crippen LogP contribution in [-0.2, 0) is 20.4 Å². The minimum Gasteiger partial charge on any atom is -0.493 e. The predicted molar refractivity (Wildman–Crippen MR) is 124 cm³/mol. The number of ether oxygens (including phenoxy) is 5. The number of nitrogens with zero attached hydrogens (tertiary/aromatic N) is 3. The Kier molecular flexibility index (Phi) is 7.99. The third kappa shape index (κ3) is 5.70. The van der Waals surface area contributed by atoms with E-state index in [-0.39, 0.29) is 23.8 Å². The van der Waals surface area contributed by atoms with E-state index in [4.69, 9.17) is 33.5 Å². The third-order valence-electron chi connectivity index (χ3n) is 5.49. The summed E-state index contributed by atoms with van der Waals surface area (Å²) in [6.07, 6.45) is -3.05. The zero-order valence-corrected chi connectivity index (χ0v) is 20.8. The quantitative estimate of drug-likeness (QED) is 0.174. The Labute approximate surface area is 209 Å². The third-order valence-corrected chi connectivity index (χ3v) is 5.98. The maximum atomic E-state index is 11.0. The summed E-state index contributed by atoms with van der Waals surface area (Å²) in [5.41, 5.74) is 1.49. The molecule has 2 aromatic heterocycles. The summed E-state index contributed by atoms with van der Waals surface area (Å²) in [6, 6.07) is 1.61. The Balaban J connectivity index is 1.65. The van der Waals surface area contributed by atoms with Crippen molar-refractivity contribution in [2.75, 3.05) is 33.3 Å². The van der Waals surface area contributed by atoms with Crippen molar-refractivity contribution in [3.63, 3.8) is 0 Å². The molecule has 4 rings (SSSR count). The van der Waals surface area contributed by atoms with Gasteiger partial charge in [-0.2, -0.15) is 0 Å². The smallest absolute Gasteiger partial charge is 0.469 e. The minimum absolute atomic E-state index is 0.0790. The lowest BCUT2D eigenvalue weighted by atomic mass is 10.1. The van der Waals surface area contributed by atoms with Crippen molar-refractivity contribution < 1.29 is 52.8 Å². The van der Waals surface area contributed by atoms with E-state index in [1.807, 2.05) is 0 Å². The molecule has 1 saturated heterocycles. The van der Waals surface area contributed by atoms with Crippen LogP contribution in [-0.4, -0.2) is 92.5 Å². The van der Waals surface area contributed by atoms with Gasteiger partial charge in [-0.05, 0) is 6.07 Å². The molecule has 0 bridgehead atoms. The average Bonchev–Trinajstić information content (AvgIpc) is 3.46. The number of hydrogen-bond donors (Lipinski definition) is 6. The monoisotopic (exact) mass is 543 g/mol. The highest BCUT2D eigenvalue weighted by Crippen LogP contribution is 2.48. The van der Waals surface area contributed by atoms with Gasteiger partial charge in [-0.25, -0.2) is 19.5 Å². The van der Waals surface area contributed by atoms with Crippen molar-refractivity contribution in [2.24, 2.45) is 0 Å². The largest absolute Gasteiger partial charge is 0.493 e. The highest BCUT2D eigenvalue weighted by Gasteiger charge is 2.46. The second-order valence-corrected chi connectivity index (χ2v) is 8.98. The van der Waals surface area contributed by atoms with Gasteiger partial charge in [0.05, 0.1) is 34.3 Å². The van der Waals surface area contributed by atoms with Gasteiger partial charge in [0.15, 0.2) is 23.0 Å². The first-order valence-corrected chi connectivity index (χ1v) is 12.3. The Hall–Kier alpha value is -3.24. The molecule has 3 aromatic rings. The van der Waals surface area contributed by atoms with E-state index in [1.165, 1.54) is 34.0 Å². The van der Waals surface area contributed by atoms with Crippen molar-refractivity contribution in [1.82, 2.24) is 19.9 Å². The van der Waals surface area contributed by atoms with E-state index in [0.29, 0.717) is 28.3 Å². The van der Waals surface area contributed by atoms with Gasteiger partial charge in [0.1, 0.15) is 30.2 Å². The van der Waals surface area contributed by atoms with Crippen LogP contribution in [0.25, 0.3) is 11.2 Å². The number of aromatic amines is 1. The van der Waals surface area contributed by atoms with E-state index in [2.05, 4.69) is 29.8 Å². The Morgan fingerprint density at radius 3 is 2.49 bits per heavy atom. The first kappa shape index (κ1) is 26.8. The van der Waals surface area contributed by atoms with Gasteiger partial charge in [0.25, 0.3) is 0 Å². The summed E-state index contributed by atoms with van der Waals surface area (Å²) >= 11 is 0. The van der Waals surface area contributed by atoms with Gasteiger partial charge < -0.3 is 54.0 Å². The molecule has 1 aliphatic rings. The summed E-state index contributed by atoms with van der Waals surface area (Å²) in [5, 5.41) is 24.0. The van der Waals surface area contributed by atoms with E-state index in [0.717, 1.165) is 0 Å². The molecule has 0 radical (unpaired) electrons. The van der Waals surface area contributed by atoms with Crippen molar-refractivity contribution in [3.8, 4) is 23.0 Å². The summed E-state index contributed by atoms with van der Waals surface area (Å²) in [6.45, 7) is -0.582. The summed E-state index contributed by atoms with van der Waals surface area (Å²) in [7, 11) is -0.615. The number of aliphatic hydroxyl groups is 2. The fraction of sp³-hybridized carbons (Fsp3) is 0.450. The summed E-state index contributed by atoms with van der Waals surface area (Å²) in [5.74, 6) is 1.14. The molecule has 4 atom stereocenters. The van der Waals surface area contributed by atoms with Crippen LogP contribution in [0, 0.1) is 0 Å². The van der Waals surface area contributed by atoms with Crippen molar-refractivity contribution in [1.29, 1.82) is 0 Å². The molecule has 1 fully saturated rings. The van der Waals surface area contributed by atoms with Crippen LogP contribution < -0.4 is 24.3 Å². The molecule has 0 aliphatic carbocycles. The molecule has 37 heavy (non-hydrogen) atoms. The number of hydrogen-bond acceptors (Lipinski definition) is 13. The lowest BCUT2D eigenvalue weighted by Gasteiger charge is -2.24. The predicted octanol–water partition coefficient (Wildman–Crippen LogP) is -0.0744. The van der Waals surface area contributed by atoms with Gasteiger partial charge in [0, 0.05) is 12.1 Å². The van der Waals surface area contributed by atoms with Gasteiger partial charge in [-0.3, -0.25) is 4.52 Å². The molecule has 202 valence electrons. The van der Waals surface area contributed by atoms with E-state index in [9.17, 15) is 14.8 Å². The lowest BCUT2D eigenvalue weighted by molar-refractivity contribution is -0.117. The topological polar surface area (TPSA) is 220 Å². The van der Waals surface area contributed by atoms with E-state index < -0.39 is 39.0 Å². The minimum atomic E-state index is -4.83. The number of benzene rings is 1. The second kappa shape index (κ2) is 11.0. The SMILES string of the molecule is COc1cc(CNc2ncnc3nc[nH]c23)c(OC2O[C@H](COP(=O)(O)O)[C@@H](O)[C@H]2O)c(OC)c1OC. The first-order valence-electron chi connectivity index (χ1n) is 10.7. The lowest BCUT2D eigenvalue weighted by Crippen LogP contribution is -2.36. The standard InChI is InChI=1S/C20H26N5O11P/c1-31-10-4-9(5-21-18-12-19(23-7-22-12)25-8-24-18)15(17(33-3)16(10)32-2)36-20-14(27)13(26)11(35-20)6-34-37(28,29)30/h4,7-8,11,13-14,20,26-27H,5-6H2,1-3H3,(H2,28,29,30)(H2,21,22,23,24,25)/t11-,13-,14-,20?/m1/s1. The van der Waals surface area contributed by atoms with Crippen LogP contribution in [0.3, 0.4) is 0 Å². The number of aromatic nitrogens is 4. The first-order chi connectivity index (χ1) is 17.7. The van der Waals surface area contributed by atoms with Gasteiger partial charge in [-0.1, -0.05) is 0 Å². The molecule has 17 heteroatoms. The number of imidazole rings is 1. The zero-order valence-electron chi connectivity index (χ0n) is 19.9. The van der Waals surface area contributed by atoms with Crippen LogP contribution in [0.4, 0.5) is 5.82 Å².